The van der Waals surface area contributed by atoms with Crippen LogP contribution in [0, 0.1) is 17.7 Å². The maximum atomic E-state index is 14.2. The van der Waals surface area contributed by atoms with Gasteiger partial charge < -0.3 is 8.92 Å². The van der Waals surface area contributed by atoms with Gasteiger partial charge in [0.1, 0.15) is 11.6 Å². The van der Waals surface area contributed by atoms with Gasteiger partial charge in [-0.25, -0.2) is 9.18 Å². The molecule has 0 amide bonds. The summed E-state index contributed by atoms with van der Waals surface area (Å²) in [5, 5.41) is 0. The number of alkyl halides is 3. The maximum Gasteiger partial charge on any atom is 0.534 e. The monoisotopic (exact) mass is 514 g/mol. The van der Waals surface area contributed by atoms with Crippen LogP contribution in [0.25, 0.3) is 5.76 Å². The zero-order valence-corrected chi connectivity index (χ0v) is 19.8. The van der Waals surface area contributed by atoms with Crippen LogP contribution < -0.4 is 0 Å². The fourth-order valence-electron chi connectivity index (χ4n) is 2.94. The summed E-state index contributed by atoms with van der Waals surface area (Å²) in [5.41, 5.74) is -5.12. The van der Waals surface area contributed by atoms with Crippen molar-refractivity contribution < 1.29 is 39.7 Å². The number of esters is 1. The minimum absolute atomic E-state index is 0.0953. The Balaban J connectivity index is 1.95. The molecule has 0 unspecified atom stereocenters. The molecule has 1 heterocycles. The first kappa shape index (κ1) is 25.6. The van der Waals surface area contributed by atoms with E-state index in [9.17, 15) is 30.8 Å². The molecular weight excluding hydrogens is 496 g/mol. The normalized spacial score (nSPS) is 14.9. The van der Waals surface area contributed by atoms with Gasteiger partial charge in [0, 0.05) is 26.3 Å². The lowest BCUT2D eigenvalue weighted by Crippen LogP contribution is -2.26. The second-order valence-electron chi connectivity index (χ2n) is 7.57. The van der Waals surface area contributed by atoms with Crippen LogP contribution in [0.5, 0.6) is 0 Å². The lowest BCUT2D eigenvalue weighted by Gasteiger charge is -2.28. The number of fused-ring (bicyclic) bond motifs is 1. The first-order valence-corrected chi connectivity index (χ1v) is 12.0. The third-order valence-corrected chi connectivity index (χ3v) is 6.58. The lowest BCUT2D eigenvalue weighted by molar-refractivity contribution is -0.0509. The van der Waals surface area contributed by atoms with E-state index in [1.54, 1.807) is 32.9 Å². The van der Waals surface area contributed by atoms with E-state index in [-0.39, 0.29) is 23.3 Å². The van der Waals surface area contributed by atoms with Gasteiger partial charge in [0.2, 0.25) is 0 Å². The average molecular weight is 515 g/mol. The smallest absolute Gasteiger partial charge is 0.462 e. The van der Waals surface area contributed by atoms with Crippen LogP contribution in [0.15, 0.2) is 47.4 Å². The lowest BCUT2D eigenvalue weighted by atomic mass is 10.0. The van der Waals surface area contributed by atoms with Gasteiger partial charge in [0.15, 0.2) is 0 Å². The number of ether oxygens (including phenoxy) is 1. The highest BCUT2D eigenvalue weighted by Gasteiger charge is 2.49. The fourth-order valence-corrected chi connectivity index (χ4v) is 4.55. The van der Waals surface area contributed by atoms with E-state index in [0.29, 0.717) is 10.5 Å². The summed E-state index contributed by atoms with van der Waals surface area (Å²) in [7, 11) is -5.87. The molecule has 0 spiro atoms. The highest BCUT2D eigenvalue weighted by molar-refractivity contribution is 8.01. The Morgan fingerprint density at radius 3 is 2.29 bits per heavy atom. The topological polar surface area (TPSA) is 69.7 Å². The van der Waals surface area contributed by atoms with Crippen molar-refractivity contribution in [2.75, 3.05) is 6.61 Å². The summed E-state index contributed by atoms with van der Waals surface area (Å²) in [6.07, 6.45) is 1.30. The number of rotatable bonds is 4. The van der Waals surface area contributed by atoms with Crippen molar-refractivity contribution in [2.24, 2.45) is 0 Å². The molecule has 3 rings (SSSR count). The van der Waals surface area contributed by atoms with Gasteiger partial charge in [-0.05, 0) is 63.2 Å². The van der Waals surface area contributed by atoms with Crippen molar-refractivity contribution in [2.45, 2.75) is 35.9 Å². The highest BCUT2D eigenvalue weighted by atomic mass is 32.2. The summed E-state index contributed by atoms with van der Waals surface area (Å²) in [4.78, 5) is 12.2. The Kier molecular flexibility index (Phi) is 7.05. The molecule has 0 saturated carbocycles. The van der Waals surface area contributed by atoms with Crippen molar-refractivity contribution >= 4 is 33.6 Å². The molecule has 1 aliphatic rings. The van der Waals surface area contributed by atoms with Crippen molar-refractivity contribution in [1.82, 2.24) is 0 Å². The summed E-state index contributed by atoms with van der Waals surface area (Å²) < 4.78 is 84.5. The van der Waals surface area contributed by atoms with Gasteiger partial charge in [-0.1, -0.05) is 11.8 Å². The van der Waals surface area contributed by atoms with E-state index in [4.69, 9.17) is 4.74 Å². The molecule has 0 N–H and O–H groups in total. The molecule has 0 radical (unpaired) electrons. The molecule has 11 heteroatoms. The Morgan fingerprint density at radius 1 is 1.09 bits per heavy atom. The SMILES string of the molecule is CCOC(=O)c1ccc(C#Cc2ccc3c(c2)C(OS(=O)(=O)C(F)(F)F)=CC(C)(C)S3)cc1F. The third-order valence-electron chi connectivity index (χ3n) is 4.40. The summed E-state index contributed by atoms with van der Waals surface area (Å²) in [5.74, 6) is 3.38. The molecular formula is C23H18F4O5S2. The molecule has 0 aliphatic carbocycles. The summed E-state index contributed by atoms with van der Waals surface area (Å²) >= 11 is 1.31. The third kappa shape index (κ3) is 5.74. The van der Waals surface area contributed by atoms with E-state index in [1.165, 1.54) is 36.0 Å². The molecule has 0 atom stereocenters. The van der Waals surface area contributed by atoms with Crippen LogP contribution >= 0.6 is 11.8 Å². The molecule has 180 valence electrons. The molecule has 0 fully saturated rings. The van der Waals surface area contributed by atoms with Crippen LogP contribution in [0.4, 0.5) is 17.6 Å². The zero-order valence-electron chi connectivity index (χ0n) is 18.1. The number of carbonyl (C=O) groups is 1. The molecule has 0 bridgehead atoms. The van der Waals surface area contributed by atoms with Crippen molar-refractivity contribution in [1.29, 1.82) is 0 Å². The quantitative estimate of drug-likeness (QED) is 0.177. The first-order valence-electron chi connectivity index (χ1n) is 9.78. The van der Waals surface area contributed by atoms with Crippen LogP contribution in [-0.4, -0.2) is 31.2 Å². The highest BCUT2D eigenvalue weighted by Crippen LogP contribution is 2.45. The molecule has 0 saturated heterocycles. The van der Waals surface area contributed by atoms with Gasteiger partial charge >= 0.3 is 21.6 Å². The van der Waals surface area contributed by atoms with Crippen LogP contribution in [0.1, 0.15) is 47.8 Å². The van der Waals surface area contributed by atoms with Gasteiger partial charge in [-0.3, -0.25) is 0 Å². The summed E-state index contributed by atoms with van der Waals surface area (Å²) in [6.45, 7) is 5.09. The Hall–Kier alpha value is -2.97. The Bertz CT molecular complexity index is 1330. The molecule has 34 heavy (non-hydrogen) atoms. The Morgan fingerprint density at radius 2 is 1.71 bits per heavy atom. The predicted molar refractivity (Wildman–Crippen MR) is 119 cm³/mol. The Labute approximate surface area is 198 Å². The number of thioether (sulfide) groups is 1. The summed E-state index contributed by atoms with van der Waals surface area (Å²) in [6, 6.07) is 8.29. The zero-order chi connectivity index (χ0) is 25.3. The largest absolute Gasteiger partial charge is 0.534 e. The standard InChI is InChI=1S/C23H18F4O5S2/c1-4-31-21(28)16-9-7-15(12-18(16)24)6-5-14-8-10-20-17(11-14)19(13-22(2,3)33-20)32-34(29,30)23(25,26)27/h7-13H,4H2,1-3H3. The fraction of sp³-hybridized carbons (Fsp3) is 0.261. The van der Waals surface area contributed by atoms with E-state index >= 15 is 0 Å². The van der Waals surface area contributed by atoms with Crippen LogP contribution in [0.3, 0.4) is 0 Å². The minimum Gasteiger partial charge on any atom is -0.462 e. The van der Waals surface area contributed by atoms with Crippen molar-refractivity contribution in [3.63, 3.8) is 0 Å². The van der Waals surface area contributed by atoms with Gasteiger partial charge in [0.25, 0.3) is 0 Å². The molecule has 2 aromatic carbocycles. The number of carbonyl (C=O) groups excluding carboxylic acids is 1. The number of hydrogen-bond donors (Lipinski definition) is 0. The predicted octanol–water partition coefficient (Wildman–Crippen LogP) is 5.49. The second kappa shape index (κ2) is 9.35. The van der Waals surface area contributed by atoms with Crippen molar-refractivity contribution in [3.8, 4) is 11.8 Å². The molecule has 2 aromatic rings. The molecule has 0 aromatic heterocycles. The number of hydrogen-bond acceptors (Lipinski definition) is 6. The van der Waals surface area contributed by atoms with Gasteiger partial charge in [-0.15, -0.1) is 11.8 Å². The van der Waals surface area contributed by atoms with Crippen molar-refractivity contribution in [3.05, 3.63) is 70.5 Å². The van der Waals surface area contributed by atoms with E-state index in [0.717, 1.165) is 6.07 Å². The second-order valence-corrected chi connectivity index (χ2v) is 10.8. The van der Waals surface area contributed by atoms with E-state index < -0.39 is 37.9 Å². The van der Waals surface area contributed by atoms with Gasteiger partial charge in [-0.2, -0.15) is 21.6 Å². The maximum absolute atomic E-state index is 14.2. The minimum atomic E-state index is -5.87. The van der Waals surface area contributed by atoms with E-state index in [1.807, 2.05) is 0 Å². The molecule has 1 aliphatic heterocycles. The van der Waals surface area contributed by atoms with Gasteiger partial charge in [0.05, 0.1) is 12.2 Å². The molecule has 5 nitrogen and oxygen atoms in total. The van der Waals surface area contributed by atoms with Crippen LogP contribution in [0.2, 0.25) is 0 Å². The van der Waals surface area contributed by atoms with Crippen LogP contribution in [-0.2, 0) is 19.0 Å². The number of benzene rings is 2. The number of halogens is 4. The average Bonchev–Trinajstić information content (AvgIpc) is 2.70. The first-order chi connectivity index (χ1) is 15.7. The van der Waals surface area contributed by atoms with E-state index in [2.05, 4.69) is 16.0 Å².